The zero-order valence-corrected chi connectivity index (χ0v) is 19.2. The van der Waals surface area contributed by atoms with E-state index in [2.05, 4.69) is 35.2 Å². The Balaban J connectivity index is 1.84. The summed E-state index contributed by atoms with van der Waals surface area (Å²) >= 11 is 6.56. The summed E-state index contributed by atoms with van der Waals surface area (Å²) in [6.45, 7) is 8.19. The summed E-state index contributed by atoms with van der Waals surface area (Å²) in [5, 5.41) is 7.85. The van der Waals surface area contributed by atoms with Crippen molar-refractivity contribution in [3.8, 4) is 11.4 Å². The molecule has 3 aromatic rings. The van der Waals surface area contributed by atoms with Crippen LogP contribution < -0.4 is 10.1 Å². The van der Waals surface area contributed by atoms with Crippen LogP contribution in [0.5, 0.6) is 5.75 Å². The number of hydrogen-bond acceptors (Lipinski definition) is 4. The van der Waals surface area contributed by atoms with E-state index in [1.165, 1.54) is 0 Å². The van der Waals surface area contributed by atoms with E-state index in [0.717, 1.165) is 30.1 Å². The third-order valence-corrected chi connectivity index (χ3v) is 5.77. The number of amides is 1. The minimum Gasteiger partial charge on any atom is -0.497 e. The van der Waals surface area contributed by atoms with Crippen LogP contribution in [0, 0.1) is 6.92 Å². The Bertz CT molecular complexity index is 1020. The first-order chi connectivity index (χ1) is 15.0. The van der Waals surface area contributed by atoms with Crippen molar-refractivity contribution in [3.05, 3.63) is 76.6 Å². The van der Waals surface area contributed by atoms with Gasteiger partial charge in [0.25, 0.3) is 5.91 Å². The van der Waals surface area contributed by atoms with Crippen LogP contribution in [0.3, 0.4) is 0 Å². The molecule has 0 aliphatic rings. The zero-order chi connectivity index (χ0) is 22.4. The van der Waals surface area contributed by atoms with Crippen molar-refractivity contribution >= 4 is 17.5 Å². The Morgan fingerprint density at radius 3 is 2.52 bits per heavy atom. The molecule has 2 aromatic carbocycles. The summed E-state index contributed by atoms with van der Waals surface area (Å²) in [7, 11) is 1.66. The molecule has 0 bridgehead atoms. The lowest BCUT2D eigenvalue weighted by atomic mass is 10.0. The van der Waals surface area contributed by atoms with Gasteiger partial charge in [-0.25, -0.2) is 4.68 Å². The number of methoxy groups -OCH3 is 1. The van der Waals surface area contributed by atoms with Gasteiger partial charge in [-0.3, -0.25) is 9.69 Å². The summed E-state index contributed by atoms with van der Waals surface area (Å²) < 4.78 is 6.98. The third-order valence-electron chi connectivity index (χ3n) is 5.42. The maximum Gasteiger partial charge on any atom is 0.256 e. The van der Waals surface area contributed by atoms with Gasteiger partial charge in [-0.05, 0) is 49.8 Å². The smallest absolute Gasteiger partial charge is 0.256 e. The lowest BCUT2D eigenvalue weighted by Crippen LogP contribution is -2.38. The highest BCUT2D eigenvalue weighted by molar-refractivity contribution is 6.33. The van der Waals surface area contributed by atoms with E-state index in [1.807, 2.05) is 48.5 Å². The van der Waals surface area contributed by atoms with Gasteiger partial charge < -0.3 is 10.1 Å². The topological polar surface area (TPSA) is 59.4 Å². The number of nitrogens with zero attached hydrogens (tertiary/aromatic N) is 3. The van der Waals surface area contributed by atoms with E-state index in [0.29, 0.717) is 23.0 Å². The predicted molar refractivity (Wildman–Crippen MR) is 124 cm³/mol. The molecule has 0 aliphatic heterocycles. The highest BCUT2D eigenvalue weighted by atomic mass is 35.5. The molecule has 0 spiro atoms. The van der Waals surface area contributed by atoms with E-state index < -0.39 is 0 Å². The molecule has 1 aromatic heterocycles. The number of para-hydroxylation sites is 1. The summed E-state index contributed by atoms with van der Waals surface area (Å²) in [5.74, 6) is 0.564. The maximum absolute atomic E-state index is 13.1. The van der Waals surface area contributed by atoms with Crippen molar-refractivity contribution < 1.29 is 9.53 Å². The Kier molecular flexibility index (Phi) is 7.71. The van der Waals surface area contributed by atoms with Crippen LogP contribution in [0.1, 0.15) is 41.5 Å². The van der Waals surface area contributed by atoms with Gasteiger partial charge in [0.1, 0.15) is 10.9 Å². The second-order valence-corrected chi connectivity index (χ2v) is 7.58. The van der Waals surface area contributed by atoms with Gasteiger partial charge in [-0.2, -0.15) is 5.10 Å². The highest BCUT2D eigenvalue weighted by Gasteiger charge is 2.24. The summed E-state index contributed by atoms with van der Waals surface area (Å²) in [6.07, 6.45) is 0. The Morgan fingerprint density at radius 1 is 1.16 bits per heavy atom. The normalized spacial score (nSPS) is 12.1. The van der Waals surface area contributed by atoms with Crippen molar-refractivity contribution in [2.45, 2.75) is 26.8 Å². The average molecular weight is 441 g/mol. The molecular formula is C24H29ClN4O2. The predicted octanol–water partition coefficient (Wildman–Crippen LogP) is 4.66. The maximum atomic E-state index is 13.1. The molecule has 3 rings (SSSR count). The number of carbonyl (C=O) groups is 1. The number of aromatic nitrogens is 2. The minimum absolute atomic E-state index is 0.0114. The number of rotatable bonds is 9. The van der Waals surface area contributed by atoms with Crippen LogP contribution >= 0.6 is 11.6 Å². The lowest BCUT2D eigenvalue weighted by molar-refractivity contribution is 0.0934. The monoisotopic (exact) mass is 440 g/mol. The molecular weight excluding hydrogens is 412 g/mol. The van der Waals surface area contributed by atoms with Crippen molar-refractivity contribution in [1.29, 1.82) is 0 Å². The molecule has 31 heavy (non-hydrogen) atoms. The van der Waals surface area contributed by atoms with Crippen LogP contribution in [0.4, 0.5) is 0 Å². The van der Waals surface area contributed by atoms with Gasteiger partial charge >= 0.3 is 0 Å². The number of likely N-dealkylation sites (N-methyl/N-ethyl adjacent to an activating group) is 1. The van der Waals surface area contributed by atoms with Gasteiger partial charge in [-0.15, -0.1) is 0 Å². The fraction of sp³-hybridized carbons (Fsp3) is 0.333. The Hall–Kier alpha value is -2.83. The van der Waals surface area contributed by atoms with Crippen molar-refractivity contribution in [1.82, 2.24) is 20.0 Å². The second kappa shape index (κ2) is 10.5. The molecule has 6 nitrogen and oxygen atoms in total. The van der Waals surface area contributed by atoms with Gasteiger partial charge in [0.05, 0.1) is 30.1 Å². The number of ether oxygens (including phenoxy) is 1. The first kappa shape index (κ1) is 22.8. The second-order valence-electron chi connectivity index (χ2n) is 7.22. The summed E-state index contributed by atoms with van der Waals surface area (Å²) in [4.78, 5) is 15.4. The molecule has 1 unspecified atom stereocenters. The van der Waals surface area contributed by atoms with Crippen molar-refractivity contribution in [3.63, 3.8) is 0 Å². The van der Waals surface area contributed by atoms with Gasteiger partial charge in [0.15, 0.2) is 0 Å². The lowest BCUT2D eigenvalue weighted by Gasteiger charge is -2.30. The van der Waals surface area contributed by atoms with E-state index in [9.17, 15) is 4.79 Å². The molecule has 0 aliphatic carbocycles. The first-order valence-corrected chi connectivity index (χ1v) is 10.8. The first-order valence-electron chi connectivity index (χ1n) is 10.5. The van der Waals surface area contributed by atoms with Gasteiger partial charge in [0, 0.05) is 6.54 Å². The molecule has 0 saturated heterocycles. The van der Waals surface area contributed by atoms with E-state index in [1.54, 1.807) is 18.7 Å². The molecule has 0 saturated carbocycles. The summed E-state index contributed by atoms with van der Waals surface area (Å²) in [6, 6.07) is 17.5. The third kappa shape index (κ3) is 5.09. The SMILES string of the molecule is CCN(CC)C(CNC(=O)c1c(C)nn(-c2ccccc2)c1Cl)c1cccc(OC)c1. The number of hydrogen-bond donors (Lipinski definition) is 1. The van der Waals surface area contributed by atoms with E-state index in [4.69, 9.17) is 16.3 Å². The standard InChI is InChI=1S/C24H29ClN4O2/c1-5-28(6-2)21(18-11-10-14-20(15-18)31-4)16-26-24(30)22-17(3)27-29(23(22)25)19-12-8-7-9-13-19/h7-15,21H,5-6,16H2,1-4H3,(H,26,30). The Morgan fingerprint density at radius 2 is 1.87 bits per heavy atom. The van der Waals surface area contributed by atoms with E-state index in [-0.39, 0.29) is 11.9 Å². The molecule has 1 atom stereocenters. The highest BCUT2D eigenvalue weighted by Crippen LogP contribution is 2.26. The molecule has 0 fully saturated rings. The summed E-state index contributed by atoms with van der Waals surface area (Å²) in [5.41, 5.74) is 2.89. The fourth-order valence-corrected chi connectivity index (χ4v) is 4.10. The largest absolute Gasteiger partial charge is 0.497 e. The quantitative estimate of drug-likeness (QED) is 0.526. The van der Waals surface area contributed by atoms with Crippen LogP contribution in [-0.4, -0.2) is 47.3 Å². The number of nitrogens with one attached hydrogen (secondary N) is 1. The van der Waals surface area contributed by atoms with Crippen LogP contribution in [0.2, 0.25) is 5.15 Å². The fourth-order valence-electron chi connectivity index (χ4n) is 3.75. The number of carbonyl (C=O) groups excluding carboxylic acids is 1. The van der Waals surface area contributed by atoms with Crippen LogP contribution in [-0.2, 0) is 0 Å². The minimum atomic E-state index is -0.232. The van der Waals surface area contributed by atoms with E-state index >= 15 is 0 Å². The average Bonchev–Trinajstić information content (AvgIpc) is 3.10. The van der Waals surface area contributed by atoms with Crippen molar-refractivity contribution in [2.24, 2.45) is 0 Å². The molecule has 1 amide bonds. The number of halogens is 1. The molecule has 7 heteroatoms. The Labute approximate surface area is 188 Å². The van der Waals surface area contributed by atoms with Gasteiger partial charge in [0.2, 0.25) is 0 Å². The molecule has 1 heterocycles. The van der Waals surface area contributed by atoms with Gasteiger partial charge in [-0.1, -0.05) is 55.8 Å². The van der Waals surface area contributed by atoms with Crippen molar-refractivity contribution in [2.75, 3.05) is 26.7 Å². The van der Waals surface area contributed by atoms with Crippen LogP contribution in [0.25, 0.3) is 5.69 Å². The molecule has 0 radical (unpaired) electrons. The number of aryl methyl sites for hydroxylation is 1. The zero-order valence-electron chi connectivity index (χ0n) is 18.4. The van der Waals surface area contributed by atoms with Crippen LogP contribution in [0.15, 0.2) is 54.6 Å². The molecule has 164 valence electrons. The molecule has 1 N–H and O–H groups in total. The number of benzene rings is 2.